The predicted molar refractivity (Wildman–Crippen MR) is 48.9 cm³/mol. The molecule has 1 aromatic rings. The van der Waals surface area contributed by atoms with E-state index in [0.717, 1.165) is 10.9 Å². The van der Waals surface area contributed by atoms with Crippen molar-refractivity contribution in [2.24, 2.45) is 0 Å². The molecule has 0 bridgehead atoms. The summed E-state index contributed by atoms with van der Waals surface area (Å²) >= 11 is 3.29. The van der Waals surface area contributed by atoms with Crippen LogP contribution in [0.3, 0.4) is 0 Å². The van der Waals surface area contributed by atoms with Gasteiger partial charge in [0.1, 0.15) is 0 Å². The Morgan fingerprint density at radius 2 is 1.73 bits per heavy atom. The Bertz CT molecular complexity index is 222. The van der Waals surface area contributed by atoms with Gasteiger partial charge in [-0.25, -0.2) is 0 Å². The van der Waals surface area contributed by atoms with Crippen molar-refractivity contribution in [1.82, 2.24) is 0 Å². The van der Waals surface area contributed by atoms with Gasteiger partial charge in [-0.2, -0.15) is 0 Å². The van der Waals surface area contributed by atoms with Gasteiger partial charge in [0.05, 0.1) is 0 Å². The number of benzene rings is 1. The van der Waals surface area contributed by atoms with Gasteiger partial charge in [0, 0.05) is 5.33 Å². The van der Waals surface area contributed by atoms with Gasteiger partial charge in [0.25, 0.3) is 0 Å². The maximum Gasteiger partial charge on any atom is 0.488 e. The molecule has 1 rings (SSSR count). The summed E-state index contributed by atoms with van der Waals surface area (Å²) in [6.45, 7) is 0. The van der Waals surface area contributed by atoms with Crippen LogP contribution in [0.5, 0.6) is 0 Å². The zero-order valence-corrected chi connectivity index (χ0v) is 7.45. The van der Waals surface area contributed by atoms with E-state index >= 15 is 0 Å². The number of rotatable bonds is 2. The number of alkyl halides is 1. The van der Waals surface area contributed by atoms with E-state index in [9.17, 15) is 0 Å². The molecule has 0 spiro atoms. The third-order valence-corrected chi connectivity index (χ3v) is 2.08. The minimum atomic E-state index is -1.36. The first-order chi connectivity index (χ1) is 5.24. The molecule has 2 N–H and O–H groups in total. The minimum absolute atomic E-state index is 0.523. The van der Waals surface area contributed by atoms with Gasteiger partial charge in [-0.3, -0.25) is 0 Å². The summed E-state index contributed by atoms with van der Waals surface area (Å²) in [5.41, 5.74) is 1.64. The van der Waals surface area contributed by atoms with Crippen LogP contribution in [0, 0.1) is 0 Å². The summed E-state index contributed by atoms with van der Waals surface area (Å²) in [4.78, 5) is 0. The fourth-order valence-corrected chi connectivity index (χ4v) is 1.15. The second kappa shape index (κ2) is 3.90. The first kappa shape index (κ1) is 8.78. The molecular weight excluding hydrogens is 207 g/mol. The lowest BCUT2D eigenvalue weighted by atomic mass is 9.80. The third kappa shape index (κ3) is 2.32. The second-order valence-corrected chi connectivity index (χ2v) is 2.81. The standard InChI is InChI=1S/C7H8BBrO2/c9-5-6-1-3-7(4-2-6)8(10)11/h1-4,10-11H,5H2. The van der Waals surface area contributed by atoms with E-state index in [0.29, 0.717) is 5.46 Å². The Balaban J connectivity index is 2.83. The molecule has 0 unspecified atom stereocenters. The molecule has 0 aliphatic heterocycles. The Morgan fingerprint density at radius 3 is 2.09 bits per heavy atom. The molecule has 0 saturated carbocycles. The minimum Gasteiger partial charge on any atom is -0.423 e. The van der Waals surface area contributed by atoms with Gasteiger partial charge in [-0.1, -0.05) is 40.2 Å². The molecule has 0 aromatic heterocycles. The van der Waals surface area contributed by atoms with Gasteiger partial charge >= 0.3 is 7.12 Å². The van der Waals surface area contributed by atoms with Crippen LogP contribution in [0.1, 0.15) is 5.56 Å². The quantitative estimate of drug-likeness (QED) is 0.548. The van der Waals surface area contributed by atoms with Crippen LogP contribution in [-0.2, 0) is 5.33 Å². The summed E-state index contributed by atoms with van der Waals surface area (Å²) in [6.07, 6.45) is 0. The van der Waals surface area contributed by atoms with Crippen LogP contribution < -0.4 is 5.46 Å². The SMILES string of the molecule is OB(O)c1ccc(CBr)cc1. The van der Waals surface area contributed by atoms with Crippen LogP contribution in [0.4, 0.5) is 0 Å². The second-order valence-electron chi connectivity index (χ2n) is 2.25. The molecule has 0 aliphatic carbocycles. The van der Waals surface area contributed by atoms with Crippen molar-refractivity contribution in [2.75, 3.05) is 0 Å². The van der Waals surface area contributed by atoms with E-state index in [2.05, 4.69) is 15.9 Å². The van der Waals surface area contributed by atoms with Crippen LogP contribution in [-0.4, -0.2) is 17.2 Å². The van der Waals surface area contributed by atoms with E-state index in [1.54, 1.807) is 12.1 Å². The Kier molecular flexibility index (Phi) is 3.11. The van der Waals surface area contributed by atoms with Gasteiger partial charge in [-0.15, -0.1) is 0 Å². The lowest BCUT2D eigenvalue weighted by Gasteiger charge is -1.99. The molecule has 2 nitrogen and oxygen atoms in total. The van der Waals surface area contributed by atoms with Crippen molar-refractivity contribution in [3.8, 4) is 0 Å². The molecule has 0 atom stereocenters. The average Bonchev–Trinajstić information content (AvgIpc) is 2.05. The zero-order valence-electron chi connectivity index (χ0n) is 5.87. The maximum absolute atomic E-state index is 8.73. The molecular formula is C7H8BBrO2. The molecule has 0 amide bonds. The summed E-state index contributed by atoms with van der Waals surface area (Å²) < 4.78 is 0. The summed E-state index contributed by atoms with van der Waals surface area (Å²) in [6, 6.07) is 7.09. The average molecular weight is 215 g/mol. The molecule has 0 aliphatic rings. The van der Waals surface area contributed by atoms with Gasteiger partial charge in [-0.05, 0) is 11.0 Å². The lowest BCUT2D eigenvalue weighted by Crippen LogP contribution is -2.29. The van der Waals surface area contributed by atoms with Crippen molar-refractivity contribution in [1.29, 1.82) is 0 Å². The van der Waals surface area contributed by atoms with E-state index in [-0.39, 0.29) is 0 Å². The molecule has 0 radical (unpaired) electrons. The van der Waals surface area contributed by atoms with Crippen LogP contribution in [0.25, 0.3) is 0 Å². The first-order valence-corrected chi connectivity index (χ1v) is 4.37. The summed E-state index contributed by atoms with van der Waals surface area (Å²) in [7, 11) is -1.36. The Morgan fingerprint density at radius 1 is 1.18 bits per heavy atom. The largest absolute Gasteiger partial charge is 0.488 e. The van der Waals surface area contributed by atoms with Crippen LogP contribution in [0.15, 0.2) is 24.3 Å². The molecule has 11 heavy (non-hydrogen) atoms. The van der Waals surface area contributed by atoms with Gasteiger partial charge in [0.15, 0.2) is 0 Å². The van der Waals surface area contributed by atoms with Crippen molar-refractivity contribution in [3.63, 3.8) is 0 Å². The number of hydrogen-bond donors (Lipinski definition) is 2. The zero-order chi connectivity index (χ0) is 8.27. The van der Waals surface area contributed by atoms with E-state index in [1.807, 2.05) is 12.1 Å². The van der Waals surface area contributed by atoms with Gasteiger partial charge < -0.3 is 10.0 Å². The first-order valence-electron chi connectivity index (χ1n) is 3.25. The molecule has 58 valence electrons. The molecule has 1 aromatic carbocycles. The van der Waals surface area contributed by atoms with Crippen LogP contribution in [0.2, 0.25) is 0 Å². The molecule has 4 heteroatoms. The monoisotopic (exact) mass is 214 g/mol. The Hall–Kier alpha value is -0.315. The highest BCUT2D eigenvalue weighted by molar-refractivity contribution is 9.08. The van der Waals surface area contributed by atoms with Crippen LogP contribution >= 0.6 is 15.9 Å². The Labute approximate surface area is 74.1 Å². The topological polar surface area (TPSA) is 40.5 Å². The van der Waals surface area contributed by atoms with Crippen molar-refractivity contribution in [2.45, 2.75) is 5.33 Å². The highest BCUT2D eigenvalue weighted by Crippen LogP contribution is 2.02. The van der Waals surface area contributed by atoms with E-state index in [1.165, 1.54) is 0 Å². The summed E-state index contributed by atoms with van der Waals surface area (Å²) in [5, 5.41) is 18.2. The molecule has 0 fully saturated rings. The highest BCUT2D eigenvalue weighted by atomic mass is 79.9. The predicted octanol–water partition coefficient (Wildman–Crippen LogP) is 0.261. The third-order valence-electron chi connectivity index (χ3n) is 1.43. The maximum atomic E-state index is 8.73. The summed E-state index contributed by atoms with van der Waals surface area (Å²) in [5.74, 6) is 0. The van der Waals surface area contributed by atoms with E-state index in [4.69, 9.17) is 10.0 Å². The smallest absolute Gasteiger partial charge is 0.423 e. The normalized spacial score (nSPS) is 9.73. The van der Waals surface area contributed by atoms with Crippen molar-refractivity contribution >= 4 is 28.5 Å². The fourth-order valence-electron chi connectivity index (χ4n) is 0.779. The fraction of sp³-hybridized carbons (Fsp3) is 0.143. The van der Waals surface area contributed by atoms with Crippen molar-refractivity contribution in [3.05, 3.63) is 29.8 Å². The van der Waals surface area contributed by atoms with E-state index < -0.39 is 7.12 Å². The number of halogens is 1. The molecule has 0 saturated heterocycles. The van der Waals surface area contributed by atoms with Gasteiger partial charge in [0.2, 0.25) is 0 Å². The molecule has 0 heterocycles. The highest BCUT2D eigenvalue weighted by Gasteiger charge is 2.08. The number of hydrogen-bond acceptors (Lipinski definition) is 2. The van der Waals surface area contributed by atoms with Crippen molar-refractivity contribution < 1.29 is 10.0 Å². The lowest BCUT2D eigenvalue weighted by molar-refractivity contribution is 0.426.